The van der Waals surface area contributed by atoms with Gasteiger partial charge in [0.1, 0.15) is 12.7 Å². The third kappa shape index (κ3) is 3.91. The van der Waals surface area contributed by atoms with E-state index in [4.69, 9.17) is 4.74 Å². The second-order valence-electron chi connectivity index (χ2n) is 8.00. The number of hydrogen-bond donors (Lipinski definition) is 1. The highest BCUT2D eigenvalue weighted by atomic mass is 16.5. The second kappa shape index (κ2) is 8.57. The van der Waals surface area contributed by atoms with E-state index in [-0.39, 0.29) is 29.8 Å². The van der Waals surface area contributed by atoms with Crippen molar-refractivity contribution in [3.8, 4) is 0 Å². The molecule has 1 aromatic rings. The molecule has 0 bridgehead atoms. The number of carbonyl (C=O) groups excluding carboxylic acids is 2. The van der Waals surface area contributed by atoms with E-state index in [0.29, 0.717) is 25.7 Å². The van der Waals surface area contributed by atoms with Crippen molar-refractivity contribution in [2.45, 2.75) is 57.3 Å². The van der Waals surface area contributed by atoms with Crippen LogP contribution in [0.2, 0.25) is 0 Å². The van der Waals surface area contributed by atoms with Crippen molar-refractivity contribution < 1.29 is 14.3 Å². The van der Waals surface area contributed by atoms with Gasteiger partial charge < -0.3 is 15.0 Å². The third-order valence-corrected chi connectivity index (χ3v) is 6.38. The molecular formula is C19H30N6O3. The molecule has 2 amide bonds. The Hall–Kier alpha value is -2.00. The fourth-order valence-corrected chi connectivity index (χ4v) is 5.03. The number of carbonyl (C=O) groups is 2. The van der Waals surface area contributed by atoms with Gasteiger partial charge in [-0.05, 0) is 25.7 Å². The number of aromatic nitrogens is 3. The van der Waals surface area contributed by atoms with E-state index in [2.05, 4.69) is 27.2 Å². The Morgan fingerprint density at radius 3 is 2.86 bits per heavy atom. The predicted octanol–water partition coefficient (Wildman–Crippen LogP) is -0.115. The fraction of sp³-hybridized carbons (Fsp3) is 0.789. The first-order valence-corrected chi connectivity index (χ1v) is 10.4. The van der Waals surface area contributed by atoms with E-state index in [1.165, 1.54) is 6.33 Å². The van der Waals surface area contributed by atoms with Gasteiger partial charge in [-0.2, -0.15) is 5.10 Å². The minimum Gasteiger partial charge on any atom is -0.381 e. The summed E-state index contributed by atoms with van der Waals surface area (Å²) in [5.41, 5.74) is 0. The van der Waals surface area contributed by atoms with Gasteiger partial charge in [-0.25, -0.2) is 4.98 Å². The van der Waals surface area contributed by atoms with Gasteiger partial charge in [0.15, 0.2) is 0 Å². The van der Waals surface area contributed by atoms with Crippen LogP contribution in [0.1, 0.15) is 32.6 Å². The SMILES string of the molecule is CC[C@@H]1[C@H](C(=O)NCCn2cncn2)C[C@@H]2CN(C3CCOCC3)CC(=O)N21. The van der Waals surface area contributed by atoms with Crippen LogP contribution >= 0.6 is 0 Å². The topological polar surface area (TPSA) is 92.6 Å². The van der Waals surface area contributed by atoms with Crippen molar-refractivity contribution in [1.29, 1.82) is 0 Å². The normalized spacial score (nSPS) is 29.1. The van der Waals surface area contributed by atoms with Gasteiger partial charge in [-0.15, -0.1) is 0 Å². The summed E-state index contributed by atoms with van der Waals surface area (Å²) in [4.78, 5) is 34.0. The Bertz CT molecular complexity index is 675. The Morgan fingerprint density at radius 2 is 2.14 bits per heavy atom. The summed E-state index contributed by atoms with van der Waals surface area (Å²) in [6.07, 6.45) is 6.66. The van der Waals surface area contributed by atoms with Crippen LogP contribution in [-0.2, 0) is 20.9 Å². The third-order valence-electron chi connectivity index (χ3n) is 6.38. The molecule has 4 rings (SSSR count). The predicted molar refractivity (Wildman–Crippen MR) is 101 cm³/mol. The lowest BCUT2D eigenvalue weighted by atomic mass is 9.96. The molecule has 1 N–H and O–H groups in total. The van der Waals surface area contributed by atoms with Gasteiger partial charge in [0, 0.05) is 44.4 Å². The van der Waals surface area contributed by atoms with Crippen LogP contribution in [0.4, 0.5) is 0 Å². The highest BCUT2D eigenvalue weighted by molar-refractivity contribution is 5.84. The Labute approximate surface area is 165 Å². The Balaban J connectivity index is 1.37. The van der Waals surface area contributed by atoms with Crippen molar-refractivity contribution in [3.63, 3.8) is 0 Å². The molecule has 3 aliphatic heterocycles. The van der Waals surface area contributed by atoms with Crippen LogP contribution in [0.5, 0.6) is 0 Å². The van der Waals surface area contributed by atoms with Crippen LogP contribution in [0.15, 0.2) is 12.7 Å². The lowest BCUT2D eigenvalue weighted by Crippen LogP contribution is -2.59. The van der Waals surface area contributed by atoms with E-state index in [9.17, 15) is 9.59 Å². The van der Waals surface area contributed by atoms with Crippen LogP contribution < -0.4 is 5.32 Å². The summed E-state index contributed by atoms with van der Waals surface area (Å²) in [5, 5.41) is 7.08. The Kier molecular flexibility index (Phi) is 5.91. The summed E-state index contributed by atoms with van der Waals surface area (Å²) in [7, 11) is 0. The van der Waals surface area contributed by atoms with Crippen LogP contribution in [-0.4, -0.2) is 87.4 Å². The molecule has 4 heterocycles. The first kappa shape index (κ1) is 19.3. The summed E-state index contributed by atoms with van der Waals surface area (Å²) in [5.74, 6) is 0.0867. The molecule has 3 fully saturated rings. The summed E-state index contributed by atoms with van der Waals surface area (Å²) in [6, 6.07) is 0.566. The lowest BCUT2D eigenvalue weighted by molar-refractivity contribution is -0.143. The van der Waals surface area contributed by atoms with Crippen molar-refractivity contribution >= 4 is 11.8 Å². The standard InChI is InChI=1S/C19H30N6O3/c1-2-17-16(19(27)21-5-6-24-13-20-12-22-24)9-15-10-23(11-18(26)25(15)17)14-3-7-28-8-4-14/h12-17H,2-11H2,1H3,(H,21,27)/t15-,16-,17-/m1/s1. The average Bonchev–Trinajstić information content (AvgIpc) is 3.36. The fourth-order valence-electron chi connectivity index (χ4n) is 5.03. The second-order valence-corrected chi connectivity index (χ2v) is 8.00. The maximum Gasteiger partial charge on any atom is 0.237 e. The van der Waals surface area contributed by atoms with E-state index < -0.39 is 0 Å². The number of nitrogens with zero attached hydrogens (tertiary/aromatic N) is 5. The van der Waals surface area contributed by atoms with Crippen molar-refractivity contribution in [3.05, 3.63) is 12.7 Å². The molecule has 0 aliphatic carbocycles. The number of hydrogen-bond acceptors (Lipinski definition) is 6. The van der Waals surface area contributed by atoms with Gasteiger partial charge in [-0.3, -0.25) is 19.2 Å². The highest BCUT2D eigenvalue weighted by Gasteiger charge is 2.49. The zero-order chi connectivity index (χ0) is 19.5. The first-order chi connectivity index (χ1) is 13.7. The molecule has 3 saturated heterocycles. The summed E-state index contributed by atoms with van der Waals surface area (Å²) < 4.78 is 7.17. The monoisotopic (exact) mass is 390 g/mol. The molecule has 154 valence electrons. The zero-order valence-electron chi connectivity index (χ0n) is 16.5. The van der Waals surface area contributed by atoms with Crippen molar-refractivity contribution in [2.75, 3.05) is 32.8 Å². The average molecular weight is 390 g/mol. The zero-order valence-corrected chi connectivity index (χ0v) is 16.5. The molecule has 3 aliphatic rings. The molecule has 0 aromatic carbocycles. The number of fused-ring (bicyclic) bond motifs is 1. The van der Waals surface area contributed by atoms with Gasteiger partial charge in [0.2, 0.25) is 11.8 Å². The van der Waals surface area contributed by atoms with Crippen molar-refractivity contribution in [2.24, 2.45) is 5.92 Å². The maximum absolute atomic E-state index is 12.9. The number of ether oxygens (including phenoxy) is 1. The smallest absolute Gasteiger partial charge is 0.237 e. The Morgan fingerprint density at radius 1 is 1.32 bits per heavy atom. The molecular weight excluding hydrogens is 360 g/mol. The van der Waals surface area contributed by atoms with Gasteiger partial charge in [0.25, 0.3) is 0 Å². The summed E-state index contributed by atoms with van der Waals surface area (Å²) >= 11 is 0. The minimum absolute atomic E-state index is 0.000657. The lowest BCUT2D eigenvalue weighted by Gasteiger charge is -2.43. The molecule has 3 atom stereocenters. The van der Waals surface area contributed by atoms with E-state index in [1.54, 1.807) is 11.0 Å². The summed E-state index contributed by atoms with van der Waals surface area (Å²) in [6.45, 7) is 6.08. The first-order valence-electron chi connectivity index (χ1n) is 10.4. The van der Waals surface area contributed by atoms with Crippen LogP contribution in [0, 0.1) is 5.92 Å². The molecule has 0 radical (unpaired) electrons. The largest absolute Gasteiger partial charge is 0.381 e. The highest BCUT2D eigenvalue weighted by Crippen LogP contribution is 2.36. The van der Waals surface area contributed by atoms with E-state index >= 15 is 0 Å². The quantitative estimate of drug-likeness (QED) is 0.728. The van der Waals surface area contributed by atoms with Gasteiger partial charge in [-0.1, -0.05) is 6.92 Å². The van der Waals surface area contributed by atoms with Crippen LogP contribution in [0.25, 0.3) is 0 Å². The molecule has 1 aromatic heterocycles. The number of amides is 2. The minimum atomic E-state index is -0.135. The molecule has 9 heteroatoms. The van der Waals surface area contributed by atoms with Crippen LogP contribution in [0.3, 0.4) is 0 Å². The molecule has 0 saturated carbocycles. The number of nitrogens with one attached hydrogen (secondary N) is 1. The molecule has 28 heavy (non-hydrogen) atoms. The molecule has 9 nitrogen and oxygen atoms in total. The maximum atomic E-state index is 12.9. The number of rotatable bonds is 6. The molecule has 0 spiro atoms. The van der Waals surface area contributed by atoms with Gasteiger partial charge >= 0.3 is 0 Å². The molecule has 0 unspecified atom stereocenters. The number of piperazine rings is 1. The van der Waals surface area contributed by atoms with Gasteiger partial charge in [0.05, 0.1) is 19.0 Å². The van der Waals surface area contributed by atoms with Crippen molar-refractivity contribution in [1.82, 2.24) is 29.9 Å². The van der Waals surface area contributed by atoms with E-state index in [0.717, 1.165) is 45.4 Å². The van der Waals surface area contributed by atoms with E-state index in [1.807, 2.05) is 4.90 Å².